The van der Waals surface area contributed by atoms with E-state index in [1.54, 1.807) is 14.2 Å². The molecule has 1 aromatic carbocycles. The smallest absolute Gasteiger partial charge is 0.121 e. The Hall–Kier alpha value is -1.10. The summed E-state index contributed by atoms with van der Waals surface area (Å²) >= 11 is 0. The first-order valence-electron chi connectivity index (χ1n) is 7.19. The topological polar surface area (TPSA) is 50.7 Å². The summed E-state index contributed by atoms with van der Waals surface area (Å²) < 4.78 is 10.3. The number of nitrogens with one attached hydrogen (secondary N) is 1. The van der Waals surface area contributed by atoms with Gasteiger partial charge in [0.1, 0.15) is 5.75 Å². The lowest BCUT2D eigenvalue weighted by atomic mass is 9.98. The lowest BCUT2D eigenvalue weighted by Crippen LogP contribution is -2.35. The maximum atomic E-state index is 10.5. The van der Waals surface area contributed by atoms with E-state index in [1.807, 2.05) is 25.1 Å². The van der Waals surface area contributed by atoms with Crippen LogP contribution in [0.15, 0.2) is 18.2 Å². The van der Waals surface area contributed by atoms with Gasteiger partial charge in [0.25, 0.3) is 0 Å². The molecule has 2 atom stereocenters. The summed E-state index contributed by atoms with van der Waals surface area (Å²) in [6.45, 7) is 5.65. The summed E-state index contributed by atoms with van der Waals surface area (Å²) in [5.74, 6) is 0.849. The largest absolute Gasteiger partial charge is 0.496 e. The summed E-state index contributed by atoms with van der Waals surface area (Å²) in [5.41, 5.74) is 1.97. The van der Waals surface area contributed by atoms with Crippen LogP contribution in [0.4, 0.5) is 0 Å². The van der Waals surface area contributed by atoms with E-state index < -0.39 is 6.10 Å². The van der Waals surface area contributed by atoms with Crippen LogP contribution in [0.5, 0.6) is 5.75 Å². The quantitative estimate of drug-likeness (QED) is 0.683. The number of benzene rings is 1. The zero-order valence-electron chi connectivity index (χ0n) is 13.0. The van der Waals surface area contributed by atoms with Crippen LogP contribution in [0.3, 0.4) is 0 Å². The Morgan fingerprint density at radius 1 is 1.30 bits per heavy atom. The molecule has 0 heterocycles. The van der Waals surface area contributed by atoms with Crippen LogP contribution in [0.1, 0.15) is 37.0 Å². The molecule has 4 heteroatoms. The first-order chi connectivity index (χ1) is 9.63. The Labute approximate surface area is 122 Å². The normalized spacial score (nSPS) is 14.1. The predicted molar refractivity (Wildman–Crippen MR) is 81.3 cm³/mol. The lowest BCUT2D eigenvalue weighted by Gasteiger charge is -2.24. The predicted octanol–water partition coefficient (Wildman–Crippen LogP) is 2.44. The van der Waals surface area contributed by atoms with Crippen LogP contribution < -0.4 is 10.1 Å². The summed E-state index contributed by atoms with van der Waals surface area (Å²) in [6, 6.07) is 5.88. The van der Waals surface area contributed by atoms with E-state index in [2.05, 4.69) is 12.2 Å². The van der Waals surface area contributed by atoms with Crippen LogP contribution in [-0.4, -0.2) is 38.5 Å². The van der Waals surface area contributed by atoms with Gasteiger partial charge in [-0.15, -0.1) is 0 Å². The Bertz CT molecular complexity index is 395. The van der Waals surface area contributed by atoms with Gasteiger partial charge in [-0.2, -0.15) is 0 Å². The van der Waals surface area contributed by atoms with Gasteiger partial charge in [-0.3, -0.25) is 0 Å². The maximum absolute atomic E-state index is 10.5. The first kappa shape index (κ1) is 17.0. The fourth-order valence-corrected chi connectivity index (χ4v) is 2.30. The molecule has 2 N–H and O–H groups in total. The van der Waals surface area contributed by atoms with Crippen molar-refractivity contribution in [3.63, 3.8) is 0 Å². The number of aliphatic hydroxyl groups is 1. The van der Waals surface area contributed by atoms with Gasteiger partial charge >= 0.3 is 0 Å². The van der Waals surface area contributed by atoms with Crippen molar-refractivity contribution in [2.24, 2.45) is 0 Å². The fraction of sp³-hybridized carbons (Fsp3) is 0.625. The molecule has 0 spiro atoms. The molecule has 0 radical (unpaired) electrons. The van der Waals surface area contributed by atoms with Gasteiger partial charge in [0.05, 0.1) is 13.2 Å². The Morgan fingerprint density at radius 3 is 2.60 bits per heavy atom. The highest BCUT2D eigenvalue weighted by molar-refractivity contribution is 5.37. The van der Waals surface area contributed by atoms with Crippen molar-refractivity contribution in [1.29, 1.82) is 0 Å². The zero-order chi connectivity index (χ0) is 15.0. The van der Waals surface area contributed by atoms with Crippen molar-refractivity contribution in [3.8, 4) is 5.75 Å². The van der Waals surface area contributed by atoms with E-state index >= 15 is 0 Å². The minimum Gasteiger partial charge on any atom is -0.496 e. The van der Waals surface area contributed by atoms with Crippen molar-refractivity contribution in [2.45, 2.75) is 38.8 Å². The van der Waals surface area contributed by atoms with E-state index in [1.165, 1.54) is 0 Å². The van der Waals surface area contributed by atoms with Crippen molar-refractivity contribution < 1.29 is 14.6 Å². The fourth-order valence-electron chi connectivity index (χ4n) is 2.30. The SMILES string of the molecule is CCC(NCCCOC)C(O)c1ccc(OC)c(C)c1. The third-order valence-electron chi connectivity index (χ3n) is 3.51. The highest BCUT2D eigenvalue weighted by atomic mass is 16.5. The van der Waals surface area contributed by atoms with Crippen molar-refractivity contribution >= 4 is 0 Å². The Kier molecular flexibility index (Phi) is 7.59. The van der Waals surface area contributed by atoms with Gasteiger partial charge in [-0.05, 0) is 49.6 Å². The van der Waals surface area contributed by atoms with E-state index in [0.717, 1.165) is 42.9 Å². The molecule has 0 aliphatic rings. The highest BCUT2D eigenvalue weighted by Crippen LogP contribution is 2.25. The molecule has 0 aliphatic carbocycles. The average molecular weight is 281 g/mol. The van der Waals surface area contributed by atoms with Gasteiger partial charge in [0.15, 0.2) is 0 Å². The molecule has 1 aromatic rings. The van der Waals surface area contributed by atoms with Crippen LogP contribution in [0.25, 0.3) is 0 Å². The molecule has 0 fully saturated rings. The molecule has 0 amide bonds. The Morgan fingerprint density at radius 2 is 2.05 bits per heavy atom. The van der Waals surface area contributed by atoms with Crippen molar-refractivity contribution in [2.75, 3.05) is 27.4 Å². The molecular formula is C16H27NO3. The van der Waals surface area contributed by atoms with Crippen molar-refractivity contribution in [3.05, 3.63) is 29.3 Å². The second-order valence-electron chi connectivity index (χ2n) is 4.99. The first-order valence-corrected chi connectivity index (χ1v) is 7.19. The monoisotopic (exact) mass is 281 g/mol. The summed E-state index contributed by atoms with van der Waals surface area (Å²) in [4.78, 5) is 0. The van der Waals surface area contributed by atoms with Gasteiger partial charge in [0.2, 0.25) is 0 Å². The molecule has 0 bridgehead atoms. The number of rotatable bonds is 9. The highest BCUT2D eigenvalue weighted by Gasteiger charge is 2.19. The number of hydrogen-bond acceptors (Lipinski definition) is 4. The van der Waals surface area contributed by atoms with E-state index in [9.17, 15) is 5.11 Å². The summed E-state index contributed by atoms with van der Waals surface area (Å²) in [5, 5.41) is 13.9. The molecule has 0 saturated carbocycles. The van der Waals surface area contributed by atoms with Crippen molar-refractivity contribution in [1.82, 2.24) is 5.32 Å². The van der Waals surface area contributed by atoms with Gasteiger partial charge in [-0.1, -0.05) is 13.0 Å². The summed E-state index contributed by atoms with van der Waals surface area (Å²) in [7, 11) is 3.36. The Balaban J connectivity index is 2.65. The van der Waals surface area contributed by atoms with Gasteiger partial charge < -0.3 is 19.9 Å². The van der Waals surface area contributed by atoms with Crippen LogP contribution in [0.2, 0.25) is 0 Å². The average Bonchev–Trinajstić information content (AvgIpc) is 2.46. The van der Waals surface area contributed by atoms with E-state index in [0.29, 0.717) is 0 Å². The number of ether oxygens (including phenoxy) is 2. The minimum atomic E-state index is -0.507. The molecule has 1 rings (SSSR count). The third-order valence-corrected chi connectivity index (χ3v) is 3.51. The van der Waals surface area contributed by atoms with Gasteiger partial charge in [0, 0.05) is 19.8 Å². The third kappa shape index (κ3) is 4.78. The molecule has 0 aliphatic heterocycles. The van der Waals surface area contributed by atoms with Gasteiger partial charge in [-0.25, -0.2) is 0 Å². The molecule has 114 valence electrons. The standard InChI is InChI=1S/C16H27NO3/c1-5-14(17-9-6-10-19-3)16(18)13-7-8-15(20-4)12(2)11-13/h7-8,11,14,16-18H,5-6,9-10H2,1-4H3. The molecule has 0 saturated heterocycles. The summed E-state index contributed by atoms with van der Waals surface area (Å²) in [6.07, 6.45) is 1.31. The molecule has 4 nitrogen and oxygen atoms in total. The number of aryl methyl sites for hydroxylation is 1. The molecular weight excluding hydrogens is 254 g/mol. The van der Waals surface area contributed by atoms with Crippen LogP contribution in [0, 0.1) is 6.92 Å². The second kappa shape index (κ2) is 8.95. The second-order valence-corrected chi connectivity index (χ2v) is 4.99. The zero-order valence-corrected chi connectivity index (χ0v) is 13.0. The van der Waals surface area contributed by atoms with E-state index in [-0.39, 0.29) is 6.04 Å². The molecule has 2 unspecified atom stereocenters. The number of methoxy groups -OCH3 is 2. The molecule has 0 aromatic heterocycles. The number of aliphatic hydroxyl groups excluding tert-OH is 1. The minimum absolute atomic E-state index is 0.0552. The van der Waals surface area contributed by atoms with Crippen LogP contribution in [-0.2, 0) is 4.74 Å². The maximum Gasteiger partial charge on any atom is 0.121 e. The van der Waals surface area contributed by atoms with Crippen LogP contribution >= 0.6 is 0 Å². The molecule has 20 heavy (non-hydrogen) atoms. The lowest BCUT2D eigenvalue weighted by molar-refractivity contribution is 0.122. The van der Waals surface area contributed by atoms with E-state index in [4.69, 9.17) is 9.47 Å². The number of hydrogen-bond donors (Lipinski definition) is 2.